The van der Waals surface area contributed by atoms with Crippen LogP contribution in [0.4, 0.5) is 0 Å². The number of carbonyl (C=O) groups is 2. The Balaban J connectivity index is 2.29. The number of amides is 2. The molecule has 21 heavy (non-hydrogen) atoms. The molecule has 1 rings (SSSR count). The Hall–Kier alpha value is -1.88. The van der Waals surface area contributed by atoms with Gasteiger partial charge in [-0.3, -0.25) is 9.59 Å². The predicted octanol–water partition coefficient (Wildman–Crippen LogP) is 1.33. The lowest BCUT2D eigenvalue weighted by atomic mass is 10.0. The van der Waals surface area contributed by atoms with Crippen molar-refractivity contribution in [2.45, 2.75) is 26.2 Å². The van der Waals surface area contributed by atoms with Gasteiger partial charge in [-0.1, -0.05) is 31.5 Å². The van der Waals surface area contributed by atoms with E-state index < -0.39 is 0 Å². The van der Waals surface area contributed by atoms with Crippen molar-refractivity contribution in [2.24, 2.45) is 5.92 Å². The van der Waals surface area contributed by atoms with Gasteiger partial charge in [-0.15, -0.1) is 0 Å². The zero-order valence-electron chi connectivity index (χ0n) is 12.5. The summed E-state index contributed by atoms with van der Waals surface area (Å²) in [4.78, 5) is 23.5. The van der Waals surface area contributed by atoms with E-state index in [-0.39, 0.29) is 30.9 Å². The number of hydrogen-bond acceptors (Lipinski definition) is 3. The normalized spacial score (nSPS) is 11.7. The number of aliphatic hydroxyl groups is 1. The van der Waals surface area contributed by atoms with E-state index in [2.05, 4.69) is 17.6 Å². The van der Waals surface area contributed by atoms with Gasteiger partial charge in [0.15, 0.2) is 0 Å². The van der Waals surface area contributed by atoms with Crippen molar-refractivity contribution < 1.29 is 14.7 Å². The van der Waals surface area contributed by atoms with E-state index in [4.69, 9.17) is 5.11 Å². The Kier molecular flexibility index (Phi) is 8.12. The van der Waals surface area contributed by atoms with Crippen LogP contribution in [0.2, 0.25) is 0 Å². The van der Waals surface area contributed by atoms with Crippen LogP contribution < -0.4 is 10.6 Å². The lowest BCUT2D eigenvalue weighted by Gasteiger charge is -2.15. The summed E-state index contributed by atoms with van der Waals surface area (Å²) in [5, 5.41) is 14.3. The molecule has 0 bridgehead atoms. The maximum Gasteiger partial charge on any atom is 0.251 e. The standard InChI is InChI=1S/C16H24N2O3/c1-2-6-13(9-10-19)11-17-15(20)12-18-16(21)14-7-4-3-5-8-14/h3-5,7-8,13,19H,2,6,9-12H2,1H3,(H,17,20)(H,18,21). The summed E-state index contributed by atoms with van der Waals surface area (Å²) in [6.45, 7) is 2.71. The fraction of sp³-hybridized carbons (Fsp3) is 0.500. The first-order valence-electron chi connectivity index (χ1n) is 7.38. The van der Waals surface area contributed by atoms with Crippen LogP contribution in [0, 0.1) is 5.92 Å². The number of benzene rings is 1. The fourth-order valence-electron chi connectivity index (χ4n) is 2.11. The fourth-order valence-corrected chi connectivity index (χ4v) is 2.11. The number of carbonyl (C=O) groups excluding carboxylic acids is 2. The largest absolute Gasteiger partial charge is 0.396 e. The van der Waals surface area contributed by atoms with E-state index in [1.807, 2.05) is 6.07 Å². The first-order valence-corrected chi connectivity index (χ1v) is 7.38. The summed E-state index contributed by atoms with van der Waals surface area (Å²) in [6, 6.07) is 8.79. The number of rotatable bonds is 9. The predicted molar refractivity (Wildman–Crippen MR) is 81.9 cm³/mol. The highest BCUT2D eigenvalue weighted by molar-refractivity contribution is 5.96. The Morgan fingerprint density at radius 2 is 1.86 bits per heavy atom. The third-order valence-corrected chi connectivity index (χ3v) is 3.27. The molecule has 1 unspecified atom stereocenters. The zero-order chi connectivity index (χ0) is 15.5. The van der Waals surface area contributed by atoms with Crippen molar-refractivity contribution in [1.29, 1.82) is 0 Å². The van der Waals surface area contributed by atoms with Crippen LogP contribution in [-0.4, -0.2) is 36.6 Å². The second-order valence-corrected chi connectivity index (χ2v) is 5.02. The summed E-state index contributed by atoms with van der Waals surface area (Å²) in [7, 11) is 0. The SMILES string of the molecule is CCCC(CCO)CNC(=O)CNC(=O)c1ccccc1. The van der Waals surface area contributed by atoms with Gasteiger partial charge >= 0.3 is 0 Å². The van der Waals surface area contributed by atoms with Gasteiger partial charge in [0.25, 0.3) is 5.91 Å². The van der Waals surface area contributed by atoms with Crippen LogP contribution in [0.3, 0.4) is 0 Å². The zero-order valence-corrected chi connectivity index (χ0v) is 12.5. The van der Waals surface area contributed by atoms with Crippen molar-refractivity contribution in [3.8, 4) is 0 Å². The second-order valence-electron chi connectivity index (χ2n) is 5.02. The molecule has 0 aliphatic carbocycles. The van der Waals surface area contributed by atoms with Crippen LogP contribution in [0.15, 0.2) is 30.3 Å². The Labute approximate surface area is 125 Å². The van der Waals surface area contributed by atoms with Gasteiger partial charge in [-0.2, -0.15) is 0 Å². The first-order chi connectivity index (χ1) is 10.2. The van der Waals surface area contributed by atoms with Crippen molar-refractivity contribution >= 4 is 11.8 Å². The number of aliphatic hydroxyl groups excluding tert-OH is 1. The highest BCUT2D eigenvalue weighted by Gasteiger charge is 2.10. The van der Waals surface area contributed by atoms with E-state index in [1.165, 1.54) is 0 Å². The Morgan fingerprint density at radius 1 is 1.14 bits per heavy atom. The van der Waals surface area contributed by atoms with E-state index in [1.54, 1.807) is 24.3 Å². The van der Waals surface area contributed by atoms with Gasteiger partial charge in [0.05, 0.1) is 6.54 Å². The molecule has 0 heterocycles. The summed E-state index contributed by atoms with van der Waals surface area (Å²) in [5.41, 5.74) is 0.537. The average Bonchev–Trinajstić information content (AvgIpc) is 2.51. The molecule has 0 aromatic heterocycles. The third-order valence-electron chi connectivity index (χ3n) is 3.27. The average molecular weight is 292 g/mol. The molecule has 0 saturated heterocycles. The van der Waals surface area contributed by atoms with Gasteiger partial charge < -0.3 is 15.7 Å². The highest BCUT2D eigenvalue weighted by Crippen LogP contribution is 2.09. The van der Waals surface area contributed by atoms with Gasteiger partial charge in [0, 0.05) is 18.7 Å². The van der Waals surface area contributed by atoms with Gasteiger partial charge in [0.1, 0.15) is 0 Å². The molecular formula is C16H24N2O3. The Bertz CT molecular complexity index is 428. The maximum absolute atomic E-state index is 11.8. The van der Waals surface area contributed by atoms with Crippen molar-refractivity contribution in [1.82, 2.24) is 10.6 Å². The van der Waals surface area contributed by atoms with Gasteiger partial charge in [-0.25, -0.2) is 0 Å². The molecule has 1 aromatic carbocycles. The van der Waals surface area contributed by atoms with Gasteiger partial charge in [0.2, 0.25) is 5.91 Å². The number of nitrogens with one attached hydrogen (secondary N) is 2. The summed E-state index contributed by atoms with van der Waals surface area (Å²) in [5.74, 6) is -0.182. The molecule has 116 valence electrons. The topological polar surface area (TPSA) is 78.4 Å². The highest BCUT2D eigenvalue weighted by atomic mass is 16.3. The monoisotopic (exact) mass is 292 g/mol. The molecule has 0 aliphatic heterocycles. The molecule has 0 spiro atoms. The summed E-state index contributed by atoms with van der Waals surface area (Å²) < 4.78 is 0. The van der Waals surface area contributed by atoms with Crippen molar-refractivity contribution in [3.63, 3.8) is 0 Å². The van der Waals surface area contributed by atoms with E-state index in [9.17, 15) is 9.59 Å². The molecular weight excluding hydrogens is 268 g/mol. The van der Waals surface area contributed by atoms with Crippen LogP contribution in [-0.2, 0) is 4.79 Å². The number of hydrogen-bond donors (Lipinski definition) is 3. The van der Waals surface area contributed by atoms with Crippen LogP contribution in [0.5, 0.6) is 0 Å². The minimum Gasteiger partial charge on any atom is -0.396 e. The lowest BCUT2D eigenvalue weighted by Crippen LogP contribution is -2.39. The van der Waals surface area contributed by atoms with Crippen LogP contribution in [0.1, 0.15) is 36.5 Å². The van der Waals surface area contributed by atoms with Gasteiger partial charge in [-0.05, 0) is 30.9 Å². The molecule has 5 nitrogen and oxygen atoms in total. The molecule has 3 N–H and O–H groups in total. The molecule has 1 aromatic rings. The van der Waals surface area contributed by atoms with Crippen molar-refractivity contribution in [2.75, 3.05) is 19.7 Å². The summed E-state index contributed by atoms with van der Waals surface area (Å²) >= 11 is 0. The molecule has 5 heteroatoms. The van der Waals surface area contributed by atoms with Crippen LogP contribution >= 0.6 is 0 Å². The maximum atomic E-state index is 11.8. The van der Waals surface area contributed by atoms with E-state index in [0.717, 1.165) is 12.8 Å². The molecule has 2 amide bonds. The smallest absolute Gasteiger partial charge is 0.251 e. The minimum atomic E-state index is -0.258. The summed E-state index contributed by atoms with van der Waals surface area (Å²) in [6.07, 6.45) is 2.67. The molecule has 0 aliphatic rings. The Morgan fingerprint density at radius 3 is 2.48 bits per heavy atom. The third kappa shape index (κ3) is 6.90. The van der Waals surface area contributed by atoms with E-state index in [0.29, 0.717) is 18.5 Å². The minimum absolute atomic E-state index is 0.0360. The van der Waals surface area contributed by atoms with E-state index >= 15 is 0 Å². The molecule has 0 saturated carbocycles. The molecule has 1 atom stereocenters. The lowest BCUT2D eigenvalue weighted by molar-refractivity contribution is -0.120. The second kappa shape index (κ2) is 9.94. The van der Waals surface area contributed by atoms with Crippen LogP contribution in [0.25, 0.3) is 0 Å². The first kappa shape index (κ1) is 17.2. The molecule has 0 fully saturated rings. The van der Waals surface area contributed by atoms with Crippen molar-refractivity contribution in [3.05, 3.63) is 35.9 Å². The quantitative estimate of drug-likeness (QED) is 0.642. The molecule has 0 radical (unpaired) electrons.